The van der Waals surface area contributed by atoms with Crippen molar-refractivity contribution < 1.29 is 24.1 Å². The van der Waals surface area contributed by atoms with Gasteiger partial charge in [-0.3, -0.25) is 4.98 Å². The van der Waals surface area contributed by atoms with E-state index < -0.39 is 6.16 Å². The van der Waals surface area contributed by atoms with Crippen LogP contribution in [0.5, 0.6) is 17.2 Å². The molecule has 1 aromatic heterocycles. The van der Waals surface area contributed by atoms with Gasteiger partial charge in [-0.1, -0.05) is 0 Å². The van der Waals surface area contributed by atoms with Crippen LogP contribution >= 0.6 is 11.3 Å². The van der Waals surface area contributed by atoms with Crippen molar-refractivity contribution >= 4 is 17.5 Å². The topological polar surface area (TPSA) is 77.9 Å². The van der Waals surface area contributed by atoms with Gasteiger partial charge in [0.25, 0.3) is 0 Å². The summed E-state index contributed by atoms with van der Waals surface area (Å²) in [4.78, 5) is 16.1. The lowest BCUT2D eigenvalue weighted by Gasteiger charge is -2.07. The summed E-state index contributed by atoms with van der Waals surface area (Å²) in [5.41, 5.74) is 1.64. The lowest BCUT2D eigenvalue weighted by Crippen LogP contribution is -2.09. The largest absolute Gasteiger partial charge is 0.514 e. The van der Waals surface area contributed by atoms with Gasteiger partial charge < -0.3 is 19.3 Å². The summed E-state index contributed by atoms with van der Waals surface area (Å²) in [5, 5.41) is 9.52. The van der Waals surface area contributed by atoms with Crippen molar-refractivity contribution in [3.63, 3.8) is 0 Å². The van der Waals surface area contributed by atoms with E-state index in [2.05, 4.69) is 4.98 Å². The molecule has 7 heteroatoms. The molecule has 100 valence electrons. The number of carbonyl (C=O) groups excluding carboxylic acids is 1. The molecule has 1 N–H and O–H groups in total. The Bertz CT molecular complexity index is 555. The Labute approximate surface area is 113 Å². The van der Waals surface area contributed by atoms with Crippen LogP contribution in [-0.2, 0) is 11.3 Å². The number of thiazole rings is 1. The maximum absolute atomic E-state index is 11.4. The van der Waals surface area contributed by atoms with E-state index in [9.17, 15) is 9.90 Å². The summed E-state index contributed by atoms with van der Waals surface area (Å²) < 4.78 is 14.7. The Kier molecular flexibility index (Phi) is 4.19. The zero-order valence-electron chi connectivity index (χ0n) is 10.0. The smallest absolute Gasteiger partial charge is 0.504 e. The minimum Gasteiger partial charge on any atom is -0.504 e. The first-order valence-corrected chi connectivity index (χ1v) is 6.16. The summed E-state index contributed by atoms with van der Waals surface area (Å²) in [7, 11) is 1.43. The van der Waals surface area contributed by atoms with Crippen molar-refractivity contribution in [2.24, 2.45) is 0 Å². The van der Waals surface area contributed by atoms with Crippen LogP contribution in [0.3, 0.4) is 0 Å². The molecule has 0 radical (unpaired) electrons. The van der Waals surface area contributed by atoms with E-state index in [1.165, 1.54) is 36.6 Å². The second kappa shape index (κ2) is 6.05. The first kappa shape index (κ1) is 13.2. The Morgan fingerprint density at radius 3 is 2.95 bits per heavy atom. The Morgan fingerprint density at radius 1 is 1.47 bits per heavy atom. The predicted molar refractivity (Wildman–Crippen MR) is 67.6 cm³/mol. The molecule has 2 aromatic rings. The maximum atomic E-state index is 11.4. The summed E-state index contributed by atoms with van der Waals surface area (Å²) in [6.07, 6.45) is 0.759. The Balaban J connectivity index is 1.90. The van der Waals surface area contributed by atoms with Gasteiger partial charge in [-0.25, -0.2) is 4.79 Å². The van der Waals surface area contributed by atoms with Crippen LogP contribution in [0, 0.1) is 0 Å². The molecular weight excluding hydrogens is 270 g/mol. The number of phenols is 1. The lowest BCUT2D eigenvalue weighted by molar-refractivity contribution is 0.0935. The third-order valence-electron chi connectivity index (χ3n) is 2.17. The number of phenolic OH excluding ortho intramolecular Hbond substituents is 1. The number of carbonyl (C=O) groups is 1. The first-order valence-electron chi connectivity index (χ1n) is 5.28. The van der Waals surface area contributed by atoms with Crippen LogP contribution in [0.1, 0.15) is 4.88 Å². The second-order valence-corrected chi connectivity index (χ2v) is 4.41. The summed E-state index contributed by atoms with van der Waals surface area (Å²) in [6, 6.07) is 4.25. The van der Waals surface area contributed by atoms with E-state index in [1.807, 2.05) is 0 Å². The van der Waals surface area contributed by atoms with E-state index in [0.717, 1.165) is 4.88 Å². The quantitative estimate of drug-likeness (QED) is 0.685. The number of methoxy groups -OCH3 is 1. The number of benzene rings is 1. The highest BCUT2D eigenvalue weighted by Crippen LogP contribution is 2.29. The van der Waals surface area contributed by atoms with Crippen LogP contribution in [0.2, 0.25) is 0 Å². The fraction of sp³-hybridized carbons (Fsp3) is 0.167. The van der Waals surface area contributed by atoms with Crippen molar-refractivity contribution in [1.82, 2.24) is 4.98 Å². The minimum atomic E-state index is -0.849. The molecule has 0 spiro atoms. The Morgan fingerprint density at radius 2 is 2.32 bits per heavy atom. The van der Waals surface area contributed by atoms with Crippen LogP contribution in [0.25, 0.3) is 0 Å². The van der Waals surface area contributed by atoms with E-state index in [-0.39, 0.29) is 18.1 Å². The van der Waals surface area contributed by atoms with Crippen LogP contribution in [0.15, 0.2) is 29.9 Å². The zero-order valence-corrected chi connectivity index (χ0v) is 10.8. The SMILES string of the molecule is COc1ccc(OC(=O)OCc2cncs2)cc1O. The van der Waals surface area contributed by atoms with E-state index >= 15 is 0 Å². The molecule has 0 bridgehead atoms. The van der Waals surface area contributed by atoms with Gasteiger partial charge in [-0.2, -0.15) is 0 Å². The molecule has 0 saturated carbocycles. The highest BCUT2D eigenvalue weighted by molar-refractivity contribution is 7.09. The molecular formula is C12H11NO5S. The van der Waals surface area contributed by atoms with E-state index in [1.54, 1.807) is 11.7 Å². The number of aromatic nitrogens is 1. The third-order valence-corrected chi connectivity index (χ3v) is 2.92. The fourth-order valence-corrected chi connectivity index (χ4v) is 1.81. The number of hydrogen-bond donors (Lipinski definition) is 1. The van der Waals surface area contributed by atoms with E-state index in [4.69, 9.17) is 14.2 Å². The summed E-state index contributed by atoms with van der Waals surface area (Å²) >= 11 is 1.38. The van der Waals surface area contributed by atoms with Gasteiger partial charge >= 0.3 is 6.16 Å². The predicted octanol–water partition coefficient (Wildman–Crippen LogP) is 2.57. The molecule has 0 fully saturated rings. The molecule has 0 aliphatic heterocycles. The lowest BCUT2D eigenvalue weighted by atomic mass is 10.3. The fourth-order valence-electron chi connectivity index (χ4n) is 1.30. The first-order chi connectivity index (χ1) is 9.19. The molecule has 0 aliphatic rings. The Hall–Kier alpha value is -2.28. The van der Waals surface area contributed by atoms with Gasteiger partial charge in [0.2, 0.25) is 0 Å². The molecule has 6 nitrogen and oxygen atoms in total. The molecule has 1 heterocycles. The van der Waals surface area contributed by atoms with Gasteiger partial charge in [0.05, 0.1) is 17.5 Å². The maximum Gasteiger partial charge on any atom is 0.514 e. The van der Waals surface area contributed by atoms with Gasteiger partial charge in [-0.15, -0.1) is 11.3 Å². The van der Waals surface area contributed by atoms with Crippen molar-refractivity contribution in [2.75, 3.05) is 7.11 Å². The van der Waals surface area contributed by atoms with E-state index in [0.29, 0.717) is 5.75 Å². The number of aromatic hydroxyl groups is 1. The summed E-state index contributed by atoms with van der Waals surface area (Å²) in [6.45, 7) is 0.103. The molecule has 2 rings (SSSR count). The number of hydrogen-bond acceptors (Lipinski definition) is 7. The number of rotatable bonds is 4. The standard InChI is InChI=1S/C12H11NO5S/c1-16-11-3-2-8(4-10(11)14)18-12(15)17-6-9-5-13-7-19-9/h2-5,7,14H,6H2,1H3. The number of nitrogens with zero attached hydrogens (tertiary/aromatic N) is 1. The van der Waals surface area contributed by atoms with Crippen LogP contribution < -0.4 is 9.47 Å². The molecule has 0 unspecified atom stereocenters. The van der Waals surface area contributed by atoms with Crippen molar-refractivity contribution in [3.05, 3.63) is 34.8 Å². The third kappa shape index (κ3) is 3.59. The van der Waals surface area contributed by atoms with Crippen LogP contribution in [-0.4, -0.2) is 23.4 Å². The monoisotopic (exact) mass is 281 g/mol. The normalized spacial score (nSPS) is 9.95. The van der Waals surface area contributed by atoms with Crippen LogP contribution in [0.4, 0.5) is 4.79 Å². The highest BCUT2D eigenvalue weighted by Gasteiger charge is 2.09. The minimum absolute atomic E-state index is 0.103. The van der Waals surface area contributed by atoms with Gasteiger partial charge in [0.15, 0.2) is 11.5 Å². The van der Waals surface area contributed by atoms with Gasteiger partial charge in [0, 0.05) is 12.3 Å². The highest BCUT2D eigenvalue weighted by atomic mass is 32.1. The summed E-state index contributed by atoms with van der Waals surface area (Å²) in [5.74, 6) is 0.355. The average Bonchev–Trinajstić information content (AvgIpc) is 2.90. The van der Waals surface area contributed by atoms with Crippen molar-refractivity contribution in [2.45, 2.75) is 6.61 Å². The average molecular weight is 281 g/mol. The molecule has 0 atom stereocenters. The second-order valence-electron chi connectivity index (χ2n) is 3.44. The van der Waals surface area contributed by atoms with Crippen molar-refractivity contribution in [3.8, 4) is 17.2 Å². The van der Waals surface area contributed by atoms with Crippen molar-refractivity contribution in [1.29, 1.82) is 0 Å². The molecule has 1 aromatic carbocycles. The molecule has 0 aliphatic carbocycles. The van der Waals surface area contributed by atoms with Gasteiger partial charge in [0.1, 0.15) is 12.4 Å². The van der Waals surface area contributed by atoms with Gasteiger partial charge in [-0.05, 0) is 12.1 Å². The molecule has 19 heavy (non-hydrogen) atoms. The molecule has 0 saturated heterocycles. The zero-order chi connectivity index (χ0) is 13.7. The molecule has 0 amide bonds. The number of ether oxygens (including phenoxy) is 3.